The Balaban J connectivity index is 1.75. The van der Waals surface area contributed by atoms with E-state index in [1.807, 2.05) is 0 Å². The van der Waals surface area contributed by atoms with Crippen LogP contribution in [0.2, 0.25) is 0 Å². The maximum Gasteiger partial charge on any atom is 0.307 e. The fraction of sp³-hybridized carbons (Fsp3) is 0.174. The number of nitro groups is 1. The number of benzene rings is 2. The Morgan fingerprint density at radius 3 is 2.47 bits per heavy atom. The van der Waals surface area contributed by atoms with Gasteiger partial charge in [-0.25, -0.2) is 0 Å². The molecule has 1 aromatic heterocycles. The number of nitrogens with one attached hydrogen (secondary N) is 1. The van der Waals surface area contributed by atoms with E-state index in [0.29, 0.717) is 16.0 Å². The summed E-state index contributed by atoms with van der Waals surface area (Å²) >= 11 is 1.28. The molecule has 0 aliphatic heterocycles. The maximum atomic E-state index is 13.0. The number of carbonyl (C=O) groups is 3. The number of Topliss-reactive ketones (excluding diaryl/α,β-unsaturated/α-hetero) is 1. The largest absolute Gasteiger partial charge is 0.447 e. The summed E-state index contributed by atoms with van der Waals surface area (Å²) in [5.74, 6) is -1.65. The van der Waals surface area contributed by atoms with Gasteiger partial charge < -0.3 is 10.1 Å². The zero-order chi connectivity index (χ0) is 23.1. The second-order valence-electron chi connectivity index (χ2n) is 6.95. The number of hydrogen-bond donors (Lipinski definition) is 1. The normalized spacial score (nSPS) is 11.4. The molecule has 0 saturated carbocycles. The van der Waals surface area contributed by atoms with E-state index in [-0.39, 0.29) is 30.0 Å². The van der Waals surface area contributed by atoms with Crippen molar-refractivity contribution in [1.82, 2.24) is 0 Å². The summed E-state index contributed by atoms with van der Waals surface area (Å²) in [4.78, 5) is 48.8. The van der Waals surface area contributed by atoms with Crippen LogP contribution in [0.1, 0.15) is 39.7 Å². The highest BCUT2D eigenvalue weighted by atomic mass is 32.1. The van der Waals surface area contributed by atoms with Crippen molar-refractivity contribution in [1.29, 1.82) is 0 Å². The molecule has 0 radical (unpaired) electrons. The van der Waals surface area contributed by atoms with Crippen molar-refractivity contribution in [2.45, 2.75) is 25.9 Å². The van der Waals surface area contributed by atoms with Crippen molar-refractivity contribution in [3.05, 3.63) is 92.2 Å². The van der Waals surface area contributed by atoms with E-state index in [2.05, 4.69) is 5.32 Å². The van der Waals surface area contributed by atoms with Gasteiger partial charge in [0.25, 0.3) is 11.6 Å². The van der Waals surface area contributed by atoms with Gasteiger partial charge in [0.05, 0.1) is 16.2 Å². The van der Waals surface area contributed by atoms with E-state index in [1.54, 1.807) is 60.8 Å². The lowest BCUT2D eigenvalue weighted by Crippen LogP contribution is -2.26. The van der Waals surface area contributed by atoms with Crippen LogP contribution in [0.3, 0.4) is 0 Å². The summed E-state index contributed by atoms with van der Waals surface area (Å²) in [6.07, 6.45) is -1.58. The Morgan fingerprint density at radius 2 is 1.81 bits per heavy atom. The number of nitrogens with zero attached hydrogens (tertiary/aromatic N) is 1. The Labute approximate surface area is 188 Å². The second-order valence-corrected chi connectivity index (χ2v) is 7.90. The first-order valence-electron chi connectivity index (χ1n) is 9.72. The van der Waals surface area contributed by atoms with Crippen molar-refractivity contribution >= 4 is 40.4 Å². The third-order valence-electron chi connectivity index (χ3n) is 4.55. The molecule has 3 aromatic rings. The number of esters is 1. The first-order chi connectivity index (χ1) is 15.3. The first kappa shape index (κ1) is 22.8. The van der Waals surface area contributed by atoms with Crippen molar-refractivity contribution in [3.8, 4) is 0 Å². The van der Waals surface area contributed by atoms with Crippen LogP contribution in [0.15, 0.2) is 66.0 Å². The number of rotatable bonds is 9. The van der Waals surface area contributed by atoms with Gasteiger partial charge in [-0.15, -0.1) is 11.3 Å². The van der Waals surface area contributed by atoms with Crippen LogP contribution in [0, 0.1) is 17.0 Å². The predicted molar refractivity (Wildman–Crippen MR) is 120 cm³/mol. The molecule has 0 bridgehead atoms. The van der Waals surface area contributed by atoms with Gasteiger partial charge in [-0.1, -0.05) is 42.5 Å². The number of nitro benzene ring substituents is 1. The third-order valence-corrected chi connectivity index (χ3v) is 5.46. The van der Waals surface area contributed by atoms with E-state index < -0.39 is 22.9 Å². The molecule has 8 nitrogen and oxygen atoms in total. The highest BCUT2D eigenvalue weighted by Gasteiger charge is 2.27. The minimum atomic E-state index is -1.33. The van der Waals surface area contributed by atoms with Crippen LogP contribution < -0.4 is 5.32 Å². The highest BCUT2D eigenvalue weighted by Crippen LogP contribution is 2.28. The molecule has 164 valence electrons. The van der Waals surface area contributed by atoms with Crippen molar-refractivity contribution in [2.24, 2.45) is 0 Å². The standard InChI is InChI=1S/C23H20N2O6S/c1-15-9-10-17(18(14-15)25(29)30)24-23(28)22(16-6-3-2-4-7-16)31-21(27)12-11-19(26)20-8-5-13-32-20/h2-10,13-14,22H,11-12H2,1H3,(H,24,28)/t22-/m1/s1. The molecule has 0 aliphatic rings. The predicted octanol–water partition coefficient (Wildman–Crippen LogP) is 4.85. The monoisotopic (exact) mass is 452 g/mol. The van der Waals surface area contributed by atoms with E-state index in [4.69, 9.17) is 4.74 Å². The Morgan fingerprint density at radius 1 is 1.06 bits per heavy atom. The molecule has 1 N–H and O–H groups in total. The Kier molecular flexibility index (Phi) is 7.45. The Bertz CT molecular complexity index is 1130. The van der Waals surface area contributed by atoms with Gasteiger partial charge in [0, 0.05) is 18.1 Å². The number of thiophene rings is 1. The van der Waals surface area contributed by atoms with Gasteiger partial charge in [-0.05, 0) is 30.0 Å². The van der Waals surface area contributed by atoms with Gasteiger partial charge in [0.1, 0.15) is 5.69 Å². The van der Waals surface area contributed by atoms with Crippen LogP contribution in [-0.2, 0) is 14.3 Å². The molecular weight excluding hydrogens is 432 g/mol. The van der Waals surface area contributed by atoms with Gasteiger partial charge >= 0.3 is 5.97 Å². The summed E-state index contributed by atoms with van der Waals surface area (Å²) in [7, 11) is 0. The smallest absolute Gasteiger partial charge is 0.307 e. The summed E-state index contributed by atoms with van der Waals surface area (Å²) in [5.41, 5.74) is 0.794. The van der Waals surface area contributed by atoms with Crippen LogP contribution in [0.4, 0.5) is 11.4 Å². The summed E-state index contributed by atoms with van der Waals surface area (Å²) in [6.45, 7) is 1.70. The quantitative estimate of drug-likeness (QED) is 0.215. The number of hydrogen-bond acceptors (Lipinski definition) is 7. The minimum absolute atomic E-state index is 0.00421. The molecule has 2 aromatic carbocycles. The van der Waals surface area contributed by atoms with Crippen LogP contribution in [0.25, 0.3) is 0 Å². The third kappa shape index (κ3) is 5.86. The lowest BCUT2D eigenvalue weighted by molar-refractivity contribution is -0.384. The molecule has 0 spiro atoms. The maximum absolute atomic E-state index is 13.0. The number of ketones is 1. The number of amides is 1. The molecule has 3 rings (SSSR count). The van der Waals surface area contributed by atoms with Crippen LogP contribution in [0.5, 0.6) is 0 Å². The molecule has 0 saturated heterocycles. The molecule has 1 atom stereocenters. The molecule has 0 fully saturated rings. The zero-order valence-corrected chi connectivity index (χ0v) is 18.0. The average Bonchev–Trinajstić information content (AvgIpc) is 3.32. The van der Waals surface area contributed by atoms with Crippen LogP contribution in [-0.4, -0.2) is 22.6 Å². The lowest BCUT2D eigenvalue weighted by atomic mass is 10.1. The SMILES string of the molecule is Cc1ccc(NC(=O)[C@H](OC(=O)CCC(=O)c2cccs2)c2ccccc2)c([N+](=O)[O-])c1. The van der Waals surface area contributed by atoms with Crippen molar-refractivity contribution < 1.29 is 24.0 Å². The van der Waals surface area contributed by atoms with Crippen molar-refractivity contribution in [2.75, 3.05) is 5.32 Å². The lowest BCUT2D eigenvalue weighted by Gasteiger charge is -2.18. The van der Waals surface area contributed by atoms with Crippen molar-refractivity contribution in [3.63, 3.8) is 0 Å². The van der Waals surface area contributed by atoms with Gasteiger partial charge in [0.2, 0.25) is 6.10 Å². The van der Waals surface area contributed by atoms with E-state index in [1.165, 1.54) is 23.5 Å². The van der Waals surface area contributed by atoms with E-state index in [9.17, 15) is 24.5 Å². The first-order valence-corrected chi connectivity index (χ1v) is 10.6. The van der Waals surface area contributed by atoms with Gasteiger partial charge in [0.15, 0.2) is 5.78 Å². The fourth-order valence-electron chi connectivity index (χ4n) is 2.96. The number of ether oxygens (including phenoxy) is 1. The minimum Gasteiger partial charge on any atom is -0.447 e. The molecule has 1 heterocycles. The molecule has 0 unspecified atom stereocenters. The van der Waals surface area contributed by atoms with E-state index in [0.717, 1.165) is 0 Å². The number of aryl methyl sites for hydroxylation is 1. The van der Waals surface area contributed by atoms with Gasteiger partial charge in [-0.2, -0.15) is 0 Å². The molecular formula is C23H20N2O6S. The summed E-state index contributed by atoms with van der Waals surface area (Å²) < 4.78 is 5.39. The average molecular weight is 452 g/mol. The molecule has 1 amide bonds. The number of anilines is 1. The zero-order valence-electron chi connectivity index (χ0n) is 17.1. The summed E-state index contributed by atoms with van der Waals surface area (Å²) in [5, 5.41) is 15.6. The fourth-order valence-corrected chi connectivity index (χ4v) is 3.66. The molecule has 9 heteroatoms. The topological polar surface area (TPSA) is 116 Å². The molecule has 32 heavy (non-hydrogen) atoms. The second kappa shape index (κ2) is 10.5. The van der Waals surface area contributed by atoms with Crippen LogP contribution >= 0.6 is 11.3 Å². The summed E-state index contributed by atoms with van der Waals surface area (Å²) in [6, 6.07) is 16.1. The van der Waals surface area contributed by atoms with E-state index >= 15 is 0 Å². The van der Waals surface area contributed by atoms with Gasteiger partial charge in [-0.3, -0.25) is 24.5 Å². The Hall–Kier alpha value is -3.85. The number of carbonyl (C=O) groups excluding carboxylic acids is 3. The highest BCUT2D eigenvalue weighted by molar-refractivity contribution is 7.12. The molecule has 0 aliphatic carbocycles.